The zero-order chi connectivity index (χ0) is 14.3. The fraction of sp³-hybridized carbons (Fsp3) is 0.143. The van der Waals surface area contributed by atoms with E-state index < -0.39 is 0 Å². The molecule has 1 aliphatic heterocycles. The lowest BCUT2D eigenvalue weighted by molar-refractivity contribution is 0.875. The van der Waals surface area contributed by atoms with Crippen LogP contribution < -0.4 is 10.6 Å². The zero-order valence-electron chi connectivity index (χ0n) is 10.4. The van der Waals surface area contributed by atoms with E-state index >= 15 is 0 Å². The molecule has 1 aromatic carbocycles. The highest BCUT2D eigenvalue weighted by Crippen LogP contribution is 2.38. The second kappa shape index (κ2) is 5.08. The Balaban J connectivity index is 2.03. The highest BCUT2D eigenvalue weighted by atomic mass is 79.9. The van der Waals surface area contributed by atoms with Crippen LogP contribution in [0, 0.1) is 11.3 Å². The molecule has 1 aromatic heterocycles. The van der Waals surface area contributed by atoms with Crippen LogP contribution in [0.1, 0.15) is 16.7 Å². The molecule has 0 spiro atoms. The van der Waals surface area contributed by atoms with E-state index in [4.69, 9.17) is 5.73 Å². The van der Waals surface area contributed by atoms with Gasteiger partial charge in [0.1, 0.15) is 11.9 Å². The molecule has 0 unspecified atom stereocenters. The highest BCUT2D eigenvalue weighted by molar-refractivity contribution is 9.13. The van der Waals surface area contributed by atoms with Gasteiger partial charge >= 0.3 is 0 Å². The van der Waals surface area contributed by atoms with E-state index in [1.165, 1.54) is 0 Å². The number of rotatable bonds is 1. The van der Waals surface area contributed by atoms with Crippen LogP contribution in [-0.2, 0) is 13.1 Å². The Kier molecular flexibility index (Phi) is 3.40. The van der Waals surface area contributed by atoms with Crippen LogP contribution in [0.5, 0.6) is 0 Å². The van der Waals surface area contributed by atoms with E-state index in [0.717, 1.165) is 32.3 Å². The maximum absolute atomic E-state index is 9.23. The first-order chi connectivity index (χ1) is 9.61. The summed E-state index contributed by atoms with van der Waals surface area (Å²) in [6, 6.07) is 8.18. The van der Waals surface area contributed by atoms with Gasteiger partial charge in [0.05, 0.1) is 15.7 Å². The number of halogens is 2. The minimum absolute atomic E-state index is 0.307. The topological polar surface area (TPSA) is 65.9 Å². The van der Waals surface area contributed by atoms with Gasteiger partial charge in [0, 0.05) is 23.8 Å². The Morgan fingerprint density at radius 1 is 1.30 bits per heavy atom. The van der Waals surface area contributed by atoms with E-state index in [-0.39, 0.29) is 0 Å². The molecule has 3 rings (SSSR count). The summed E-state index contributed by atoms with van der Waals surface area (Å²) in [5, 5.41) is 9.23. The SMILES string of the molecule is N#Cc1c(N)ncc2c1CN(c1cccc(Br)c1Br)C2. The normalized spacial score (nSPS) is 13.2. The van der Waals surface area contributed by atoms with E-state index in [2.05, 4.69) is 47.8 Å². The molecule has 2 aromatic rings. The van der Waals surface area contributed by atoms with E-state index in [0.29, 0.717) is 17.9 Å². The van der Waals surface area contributed by atoms with Crippen LogP contribution in [0.2, 0.25) is 0 Å². The van der Waals surface area contributed by atoms with Crippen molar-refractivity contribution in [3.63, 3.8) is 0 Å². The largest absolute Gasteiger partial charge is 0.383 e. The van der Waals surface area contributed by atoms with Crippen molar-refractivity contribution in [2.24, 2.45) is 0 Å². The first-order valence-electron chi connectivity index (χ1n) is 5.97. The number of nitriles is 1. The van der Waals surface area contributed by atoms with Crippen molar-refractivity contribution in [3.05, 3.63) is 50.0 Å². The number of anilines is 2. The molecule has 2 N–H and O–H groups in total. The zero-order valence-corrected chi connectivity index (χ0v) is 13.6. The number of aromatic nitrogens is 1. The van der Waals surface area contributed by atoms with Crippen LogP contribution in [0.25, 0.3) is 0 Å². The molecule has 0 radical (unpaired) electrons. The molecule has 4 nitrogen and oxygen atoms in total. The minimum Gasteiger partial charge on any atom is -0.383 e. The third-order valence-corrected chi connectivity index (χ3v) is 5.43. The van der Waals surface area contributed by atoms with Gasteiger partial charge in [0.25, 0.3) is 0 Å². The molecule has 0 fully saturated rings. The van der Waals surface area contributed by atoms with Crippen molar-refractivity contribution in [2.45, 2.75) is 13.1 Å². The Morgan fingerprint density at radius 2 is 2.10 bits per heavy atom. The number of nitrogens with two attached hydrogens (primary N) is 1. The first-order valence-corrected chi connectivity index (χ1v) is 7.55. The fourth-order valence-electron chi connectivity index (χ4n) is 2.41. The second-order valence-electron chi connectivity index (χ2n) is 4.56. The summed E-state index contributed by atoms with van der Waals surface area (Å²) in [6.45, 7) is 1.40. The van der Waals surface area contributed by atoms with Gasteiger partial charge < -0.3 is 10.6 Å². The minimum atomic E-state index is 0.307. The molecule has 0 saturated carbocycles. The summed E-state index contributed by atoms with van der Waals surface area (Å²) < 4.78 is 2.01. The number of nitrogens with zero attached hydrogens (tertiary/aromatic N) is 3. The van der Waals surface area contributed by atoms with Gasteiger partial charge in [-0.2, -0.15) is 5.26 Å². The summed E-state index contributed by atoms with van der Waals surface area (Å²) in [5.41, 5.74) is 9.39. The van der Waals surface area contributed by atoms with E-state index in [1.807, 2.05) is 18.2 Å². The molecular weight excluding hydrogens is 384 g/mol. The molecule has 6 heteroatoms. The van der Waals surface area contributed by atoms with Crippen molar-refractivity contribution < 1.29 is 0 Å². The van der Waals surface area contributed by atoms with Gasteiger partial charge in [-0.25, -0.2) is 4.98 Å². The second-order valence-corrected chi connectivity index (χ2v) is 6.21. The van der Waals surface area contributed by atoms with Crippen molar-refractivity contribution >= 4 is 43.4 Å². The number of benzene rings is 1. The van der Waals surface area contributed by atoms with Crippen LogP contribution >= 0.6 is 31.9 Å². The molecular formula is C14H10Br2N4. The Morgan fingerprint density at radius 3 is 2.85 bits per heavy atom. The fourth-order valence-corrected chi connectivity index (χ4v) is 3.28. The molecule has 0 bridgehead atoms. The summed E-state index contributed by atoms with van der Waals surface area (Å²) in [5.74, 6) is 0.307. The summed E-state index contributed by atoms with van der Waals surface area (Å²) in [7, 11) is 0. The van der Waals surface area contributed by atoms with Crippen LogP contribution in [-0.4, -0.2) is 4.98 Å². The smallest absolute Gasteiger partial charge is 0.141 e. The standard InChI is InChI=1S/C14H10Br2N4/c15-11-2-1-3-12(13(11)16)20-6-8-5-19-14(18)9(4-17)10(8)7-20/h1-3,5H,6-7H2,(H2,18,19). The average Bonchev–Trinajstić information content (AvgIpc) is 2.85. The molecule has 20 heavy (non-hydrogen) atoms. The number of fused-ring (bicyclic) bond motifs is 1. The molecule has 1 aliphatic rings. The lowest BCUT2D eigenvalue weighted by atomic mass is 10.1. The molecule has 0 atom stereocenters. The lowest BCUT2D eigenvalue weighted by Gasteiger charge is -2.20. The third kappa shape index (κ3) is 2.07. The first kappa shape index (κ1) is 13.4. The van der Waals surface area contributed by atoms with Crippen molar-refractivity contribution in [3.8, 4) is 6.07 Å². The van der Waals surface area contributed by atoms with Gasteiger partial charge in [0.15, 0.2) is 0 Å². The van der Waals surface area contributed by atoms with Gasteiger partial charge in [-0.05, 0) is 55.1 Å². The monoisotopic (exact) mass is 392 g/mol. The summed E-state index contributed by atoms with van der Waals surface area (Å²) >= 11 is 7.10. The predicted octanol–water partition coefficient (Wildman–Crippen LogP) is 3.58. The van der Waals surface area contributed by atoms with Gasteiger partial charge in [-0.3, -0.25) is 0 Å². The lowest BCUT2D eigenvalue weighted by Crippen LogP contribution is -2.15. The van der Waals surface area contributed by atoms with Crippen molar-refractivity contribution in [1.29, 1.82) is 5.26 Å². The van der Waals surface area contributed by atoms with Gasteiger partial charge in [0.2, 0.25) is 0 Å². The predicted molar refractivity (Wildman–Crippen MR) is 85.1 cm³/mol. The molecule has 2 heterocycles. The van der Waals surface area contributed by atoms with Crippen LogP contribution in [0.15, 0.2) is 33.3 Å². The Labute approximate surface area is 133 Å². The van der Waals surface area contributed by atoms with Crippen LogP contribution in [0.4, 0.5) is 11.5 Å². The van der Waals surface area contributed by atoms with Crippen molar-refractivity contribution in [1.82, 2.24) is 4.98 Å². The number of pyridine rings is 1. The van der Waals surface area contributed by atoms with Crippen LogP contribution in [0.3, 0.4) is 0 Å². The summed E-state index contributed by atoms with van der Waals surface area (Å²) in [6.07, 6.45) is 1.76. The number of hydrogen-bond acceptors (Lipinski definition) is 4. The van der Waals surface area contributed by atoms with Crippen molar-refractivity contribution in [2.75, 3.05) is 10.6 Å². The maximum atomic E-state index is 9.23. The highest BCUT2D eigenvalue weighted by Gasteiger charge is 2.25. The molecule has 100 valence electrons. The maximum Gasteiger partial charge on any atom is 0.141 e. The van der Waals surface area contributed by atoms with Gasteiger partial charge in [-0.15, -0.1) is 0 Å². The number of nitrogen functional groups attached to an aromatic ring is 1. The average molecular weight is 394 g/mol. The quantitative estimate of drug-likeness (QED) is 0.803. The third-order valence-electron chi connectivity index (χ3n) is 3.40. The van der Waals surface area contributed by atoms with E-state index in [9.17, 15) is 5.26 Å². The molecule has 0 saturated heterocycles. The number of hydrogen-bond donors (Lipinski definition) is 1. The van der Waals surface area contributed by atoms with E-state index in [1.54, 1.807) is 6.20 Å². The molecule has 0 aliphatic carbocycles. The Hall–Kier alpha value is -1.58. The Bertz CT molecular complexity index is 737. The summed E-state index contributed by atoms with van der Waals surface area (Å²) in [4.78, 5) is 6.29. The van der Waals surface area contributed by atoms with Gasteiger partial charge in [-0.1, -0.05) is 6.07 Å². The molecule has 0 amide bonds.